The number of hydrogen-bond acceptors (Lipinski definition) is 5. The summed E-state index contributed by atoms with van der Waals surface area (Å²) in [5, 5.41) is 14.2. The van der Waals surface area contributed by atoms with Gasteiger partial charge in [0.2, 0.25) is 0 Å². The molecule has 1 aliphatic rings. The van der Waals surface area contributed by atoms with Crippen molar-refractivity contribution in [2.75, 3.05) is 5.32 Å². The number of aryl methyl sites for hydroxylation is 1. The van der Waals surface area contributed by atoms with Crippen molar-refractivity contribution in [3.63, 3.8) is 0 Å². The predicted octanol–water partition coefficient (Wildman–Crippen LogP) is 2.97. The fourth-order valence-electron chi connectivity index (χ4n) is 2.61. The van der Waals surface area contributed by atoms with Gasteiger partial charge in [-0.05, 0) is 38.2 Å². The first-order valence-corrected chi connectivity index (χ1v) is 7.76. The van der Waals surface area contributed by atoms with Crippen LogP contribution in [0.3, 0.4) is 0 Å². The summed E-state index contributed by atoms with van der Waals surface area (Å²) in [5.41, 5.74) is 0. The summed E-state index contributed by atoms with van der Waals surface area (Å²) >= 11 is 1.74. The number of thiophene rings is 1. The summed E-state index contributed by atoms with van der Waals surface area (Å²) in [6.45, 7) is 2.16. The Morgan fingerprint density at radius 3 is 2.84 bits per heavy atom. The molecule has 5 heteroatoms. The second-order valence-corrected chi connectivity index (χ2v) is 6.27. The minimum absolute atomic E-state index is 0.115. The van der Waals surface area contributed by atoms with E-state index in [0.29, 0.717) is 6.04 Å². The van der Waals surface area contributed by atoms with Gasteiger partial charge in [-0.2, -0.15) is 0 Å². The maximum absolute atomic E-state index is 9.55. The molecule has 0 aromatic carbocycles. The Labute approximate surface area is 116 Å². The van der Waals surface area contributed by atoms with Gasteiger partial charge >= 0.3 is 0 Å². The van der Waals surface area contributed by atoms with E-state index in [1.54, 1.807) is 17.7 Å². The highest BCUT2D eigenvalue weighted by Crippen LogP contribution is 2.30. The summed E-state index contributed by atoms with van der Waals surface area (Å²) in [7, 11) is 0. The molecule has 1 fully saturated rings. The SMILES string of the molecule is CCc1cc2c(NC3CCC(O)CC3)ncnc2s1. The van der Waals surface area contributed by atoms with Crippen LogP contribution in [0, 0.1) is 0 Å². The fraction of sp³-hybridized carbons (Fsp3) is 0.571. The molecule has 0 atom stereocenters. The van der Waals surface area contributed by atoms with Crippen LogP contribution < -0.4 is 5.32 Å². The van der Waals surface area contributed by atoms with Gasteiger partial charge < -0.3 is 10.4 Å². The van der Waals surface area contributed by atoms with E-state index in [0.717, 1.165) is 48.1 Å². The van der Waals surface area contributed by atoms with E-state index >= 15 is 0 Å². The largest absolute Gasteiger partial charge is 0.393 e. The van der Waals surface area contributed by atoms with Crippen LogP contribution in [-0.2, 0) is 6.42 Å². The minimum Gasteiger partial charge on any atom is -0.393 e. The number of aliphatic hydroxyl groups excluding tert-OH is 1. The first-order chi connectivity index (χ1) is 9.26. The van der Waals surface area contributed by atoms with Gasteiger partial charge in [-0.25, -0.2) is 9.97 Å². The molecule has 0 unspecified atom stereocenters. The number of rotatable bonds is 3. The minimum atomic E-state index is -0.115. The van der Waals surface area contributed by atoms with E-state index in [-0.39, 0.29) is 6.10 Å². The molecule has 0 bridgehead atoms. The molecule has 19 heavy (non-hydrogen) atoms. The standard InChI is InChI=1S/C14H19N3OS/c1-2-11-7-12-13(15-8-16-14(12)19-11)17-9-3-5-10(18)6-4-9/h7-10,18H,2-6H2,1H3,(H,15,16,17). The molecule has 1 aliphatic carbocycles. The lowest BCUT2D eigenvalue weighted by molar-refractivity contribution is 0.126. The maximum atomic E-state index is 9.55. The number of fused-ring (bicyclic) bond motifs is 1. The molecule has 2 heterocycles. The first kappa shape index (κ1) is 12.8. The van der Waals surface area contributed by atoms with Crippen LogP contribution in [0.1, 0.15) is 37.5 Å². The molecule has 0 amide bonds. The van der Waals surface area contributed by atoms with Crippen LogP contribution in [0.5, 0.6) is 0 Å². The molecule has 1 saturated carbocycles. The van der Waals surface area contributed by atoms with Gasteiger partial charge in [-0.15, -0.1) is 11.3 Å². The van der Waals surface area contributed by atoms with Crippen molar-refractivity contribution >= 4 is 27.4 Å². The Balaban J connectivity index is 1.82. The average molecular weight is 277 g/mol. The highest BCUT2D eigenvalue weighted by atomic mass is 32.1. The van der Waals surface area contributed by atoms with E-state index in [1.165, 1.54) is 4.88 Å². The van der Waals surface area contributed by atoms with Crippen molar-refractivity contribution in [2.45, 2.75) is 51.2 Å². The zero-order chi connectivity index (χ0) is 13.2. The van der Waals surface area contributed by atoms with Crippen molar-refractivity contribution in [3.05, 3.63) is 17.3 Å². The van der Waals surface area contributed by atoms with Crippen molar-refractivity contribution < 1.29 is 5.11 Å². The molecule has 2 aromatic rings. The number of nitrogens with one attached hydrogen (secondary N) is 1. The summed E-state index contributed by atoms with van der Waals surface area (Å²) in [5.74, 6) is 0.947. The molecule has 2 N–H and O–H groups in total. The maximum Gasteiger partial charge on any atom is 0.138 e. The van der Waals surface area contributed by atoms with Gasteiger partial charge in [0, 0.05) is 10.9 Å². The van der Waals surface area contributed by atoms with Crippen LogP contribution in [0.15, 0.2) is 12.4 Å². The lowest BCUT2D eigenvalue weighted by Crippen LogP contribution is -2.28. The summed E-state index contributed by atoms with van der Waals surface area (Å²) < 4.78 is 0. The van der Waals surface area contributed by atoms with Gasteiger partial charge in [0.25, 0.3) is 0 Å². The third kappa shape index (κ3) is 2.72. The number of nitrogens with zero attached hydrogens (tertiary/aromatic N) is 2. The number of hydrogen-bond donors (Lipinski definition) is 2. The zero-order valence-electron chi connectivity index (χ0n) is 11.1. The van der Waals surface area contributed by atoms with Crippen LogP contribution in [-0.4, -0.2) is 27.2 Å². The monoisotopic (exact) mass is 277 g/mol. The molecule has 4 nitrogen and oxygen atoms in total. The molecule has 0 radical (unpaired) electrons. The smallest absolute Gasteiger partial charge is 0.138 e. The predicted molar refractivity (Wildman–Crippen MR) is 78.7 cm³/mol. The van der Waals surface area contributed by atoms with Crippen molar-refractivity contribution in [3.8, 4) is 0 Å². The molecule has 0 aliphatic heterocycles. The van der Waals surface area contributed by atoms with Crippen molar-refractivity contribution in [1.29, 1.82) is 0 Å². The Morgan fingerprint density at radius 1 is 1.32 bits per heavy atom. The van der Waals surface area contributed by atoms with Gasteiger partial charge in [-0.3, -0.25) is 0 Å². The van der Waals surface area contributed by atoms with E-state index in [4.69, 9.17) is 0 Å². The molecule has 3 rings (SSSR count). The highest BCUT2D eigenvalue weighted by Gasteiger charge is 2.20. The van der Waals surface area contributed by atoms with Crippen LogP contribution in [0.25, 0.3) is 10.2 Å². The summed E-state index contributed by atoms with van der Waals surface area (Å²) in [6.07, 6.45) is 6.35. The topological polar surface area (TPSA) is 58.0 Å². The summed E-state index contributed by atoms with van der Waals surface area (Å²) in [6, 6.07) is 2.62. The van der Waals surface area contributed by atoms with E-state index in [2.05, 4.69) is 28.3 Å². The molecule has 0 saturated heterocycles. The average Bonchev–Trinajstić information content (AvgIpc) is 2.85. The van der Waals surface area contributed by atoms with E-state index in [1.807, 2.05) is 0 Å². The quantitative estimate of drug-likeness (QED) is 0.905. The number of aromatic nitrogens is 2. The van der Waals surface area contributed by atoms with E-state index < -0.39 is 0 Å². The molecular formula is C14H19N3OS. The Hall–Kier alpha value is -1.20. The molecule has 2 aromatic heterocycles. The highest BCUT2D eigenvalue weighted by molar-refractivity contribution is 7.18. The van der Waals surface area contributed by atoms with Crippen LogP contribution >= 0.6 is 11.3 Å². The van der Waals surface area contributed by atoms with Crippen LogP contribution in [0.4, 0.5) is 5.82 Å². The van der Waals surface area contributed by atoms with Gasteiger partial charge in [0.1, 0.15) is 17.0 Å². The third-order valence-electron chi connectivity index (χ3n) is 3.77. The van der Waals surface area contributed by atoms with Crippen molar-refractivity contribution in [2.24, 2.45) is 0 Å². The Bertz CT molecular complexity index is 561. The molecule has 102 valence electrons. The van der Waals surface area contributed by atoms with Gasteiger partial charge in [-0.1, -0.05) is 6.92 Å². The van der Waals surface area contributed by atoms with E-state index in [9.17, 15) is 5.11 Å². The Kier molecular flexibility index (Phi) is 3.66. The second kappa shape index (κ2) is 5.43. The number of aliphatic hydroxyl groups is 1. The normalized spacial score (nSPS) is 23.7. The van der Waals surface area contributed by atoms with Crippen LogP contribution in [0.2, 0.25) is 0 Å². The summed E-state index contributed by atoms with van der Waals surface area (Å²) in [4.78, 5) is 11.1. The third-order valence-corrected chi connectivity index (χ3v) is 4.95. The fourth-order valence-corrected chi connectivity index (χ4v) is 3.54. The second-order valence-electron chi connectivity index (χ2n) is 5.16. The Morgan fingerprint density at radius 2 is 2.11 bits per heavy atom. The first-order valence-electron chi connectivity index (χ1n) is 6.94. The molecular weight excluding hydrogens is 258 g/mol. The van der Waals surface area contributed by atoms with Gasteiger partial charge in [0.05, 0.1) is 11.5 Å². The number of anilines is 1. The zero-order valence-corrected chi connectivity index (χ0v) is 11.9. The lowest BCUT2D eigenvalue weighted by Gasteiger charge is -2.26. The molecule has 0 spiro atoms. The lowest BCUT2D eigenvalue weighted by atomic mass is 9.93. The van der Waals surface area contributed by atoms with Crippen molar-refractivity contribution in [1.82, 2.24) is 9.97 Å². The van der Waals surface area contributed by atoms with Gasteiger partial charge in [0.15, 0.2) is 0 Å².